The molecular formula is C13H16N2O2. The van der Waals surface area contributed by atoms with Gasteiger partial charge in [0.25, 0.3) is 0 Å². The van der Waals surface area contributed by atoms with E-state index in [-0.39, 0.29) is 12.3 Å². The summed E-state index contributed by atoms with van der Waals surface area (Å²) in [5.41, 5.74) is 6.36. The molecular weight excluding hydrogens is 216 g/mol. The van der Waals surface area contributed by atoms with Crippen LogP contribution in [0.3, 0.4) is 0 Å². The minimum absolute atomic E-state index is 0.221. The van der Waals surface area contributed by atoms with Crippen molar-refractivity contribution in [1.82, 2.24) is 0 Å². The van der Waals surface area contributed by atoms with E-state index in [9.17, 15) is 4.79 Å². The fourth-order valence-corrected chi connectivity index (χ4v) is 1.49. The van der Waals surface area contributed by atoms with E-state index in [1.54, 1.807) is 26.3 Å². The summed E-state index contributed by atoms with van der Waals surface area (Å²) in [5, 5.41) is 0. The minimum atomic E-state index is -0.685. The summed E-state index contributed by atoms with van der Waals surface area (Å²) in [6.45, 7) is 0. The predicted octanol–water partition coefficient (Wildman–Crippen LogP) is 1.01. The number of methoxy groups -OCH3 is 1. The van der Waals surface area contributed by atoms with Gasteiger partial charge in [-0.2, -0.15) is 0 Å². The zero-order valence-electron chi connectivity index (χ0n) is 10.0. The SMILES string of the molecule is C#CCC(N)C(=O)N(C)c1ccccc1OC. The van der Waals surface area contributed by atoms with Gasteiger partial charge in [0.1, 0.15) is 5.75 Å². The van der Waals surface area contributed by atoms with Gasteiger partial charge in [0.05, 0.1) is 18.8 Å². The van der Waals surface area contributed by atoms with Crippen LogP contribution in [0, 0.1) is 12.3 Å². The quantitative estimate of drug-likeness (QED) is 0.788. The first-order chi connectivity index (χ1) is 8.11. The van der Waals surface area contributed by atoms with E-state index >= 15 is 0 Å². The van der Waals surface area contributed by atoms with Crippen LogP contribution in [0.25, 0.3) is 0 Å². The summed E-state index contributed by atoms with van der Waals surface area (Å²) in [6.07, 6.45) is 5.36. The van der Waals surface area contributed by atoms with E-state index in [0.717, 1.165) is 0 Å². The van der Waals surface area contributed by atoms with Crippen LogP contribution in [0.4, 0.5) is 5.69 Å². The number of amides is 1. The molecule has 1 amide bonds. The first-order valence-electron chi connectivity index (χ1n) is 5.21. The lowest BCUT2D eigenvalue weighted by Gasteiger charge is -2.22. The highest BCUT2D eigenvalue weighted by molar-refractivity contribution is 5.97. The van der Waals surface area contributed by atoms with Crippen LogP contribution in [0.1, 0.15) is 6.42 Å². The Morgan fingerprint density at radius 1 is 1.59 bits per heavy atom. The molecule has 4 heteroatoms. The van der Waals surface area contributed by atoms with E-state index in [2.05, 4.69) is 5.92 Å². The molecule has 0 fully saturated rings. The van der Waals surface area contributed by atoms with Crippen molar-refractivity contribution < 1.29 is 9.53 Å². The number of carbonyl (C=O) groups excluding carboxylic acids is 1. The lowest BCUT2D eigenvalue weighted by atomic mass is 10.2. The van der Waals surface area contributed by atoms with E-state index in [4.69, 9.17) is 16.9 Å². The second-order valence-corrected chi connectivity index (χ2v) is 3.58. The number of terminal acetylenes is 1. The Labute approximate surface area is 101 Å². The van der Waals surface area contributed by atoms with Gasteiger partial charge < -0.3 is 15.4 Å². The van der Waals surface area contributed by atoms with Gasteiger partial charge >= 0.3 is 0 Å². The molecule has 90 valence electrons. The van der Waals surface area contributed by atoms with Crippen molar-refractivity contribution in [1.29, 1.82) is 0 Å². The molecule has 0 heterocycles. The summed E-state index contributed by atoms with van der Waals surface area (Å²) in [5.74, 6) is 2.77. The van der Waals surface area contributed by atoms with Crippen LogP contribution in [-0.4, -0.2) is 26.1 Å². The monoisotopic (exact) mass is 232 g/mol. The van der Waals surface area contributed by atoms with Gasteiger partial charge in [-0.1, -0.05) is 12.1 Å². The Hall–Kier alpha value is -1.99. The maximum Gasteiger partial charge on any atom is 0.244 e. The lowest BCUT2D eigenvalue weighted by Crippen LogP contribution is -2.41. The van der Waals surface area contributed by atoms with E-state index in [1.807, 2.05) is 12.1 Å². The molecule has 0 saturated heterocycles. The van der Waals surface area contributed by atoms with Crippen LogP contribution in [0.2, 0.25) is 0 Å². The van der Waals surface area contributed by atoms with Gasteiger partial charge in [-0.05, 0) is 12.1 Å². The molecule has 1 rings (SSSR count). The molecule has 1 unspecified atom stereocenters. The number of hydrogen-bond acceptors (Lipinski definition) is 3. The lowest BCUT2D eigenvalue weighted by molar-refractivity contribution is -0.119. The summed E-state index contributed by atoms with van der Waals surface area (Å²) in [7, 11) is 3.20. The van der Waals surface area contributed by atoms with E-state index in [1.165, 1.54) is 4.90 Å². The highest BCUT2D eigenvalue weighted by Gasteiger charge is 2.20. The molecule has 0 radical (unpaired) electrons. The highest BCUT2D eigenvalue weighted by atomic mass is 16.5. The predicted molar refractivity (Wildman–Crippen MR) is 67.8 cm³/mol. The molecule has 1 aromatic carbocycles. The Balaban J connectivity index is 2.92. The number of para-hydroxylation sites is 2. The van der Waals surface area contributed by atoms with Crippen molar-refractivity contribution in [2.75, 3.05) is 19.1 Å². The van der Waals surface area contributed by atoms with Gasteiger partial charge in [0, 0.05) is 13.5 Å². The topological polar surface area (TPSA) is 55.6 Å². The molecule has 0 aliphatic rings. The third-order valence-electron chi connectivity index (χ3n) is 2.43. The van der Waals surface area contributed by atoms with Gasteiger partial charge in [-0.25, -0.2) is 0 Å². The van der Waals surface area contributed by atoms with Gasteiger partial charge in [0.15, 0.2) is 0 Å². The average Bonchev–Trinajstić information content (AvgIpc) is 2.37. The number of benzene rings is 1. The molecule has 4 nitrogen and oxygen atoms in total. The molecule has 0 aliphatic carbocycles. The molecule has 0 spiro atoms. The number of anilines is 1. The number of ether oxygens (including phenoxy) is 1. The maximum atomic E-state index is 12.0. The zero-order valence-corrected chi connectivity index (χ0v) is 10.0. The third-order valence-corrected chi connectivity index (χ3v) is 2.43. The number of likely N-dealkylation sites (N-methyl/N-ethyl adjacent to an activating group) is 1. The average molecular weight is 232 g/mol. The van der Waals surface area contributed by atoms with Crippen LogP contribution >= 0.6 is 0 Å². The summed E-state index contributed by atoms with van der Waals surface area (Å²) < 4.78 is 5.18. The van der Waals surface area contributed by atoms with Crippen LogP contribution in [-0.2, 0) is 4.79 Å². The van der Waals surface area contributed by atoms with E-state index < -0.39 is 6.04 Å². The van der Waals surface area contributed by atoms with Crippen molar-refractivity contribution >= 4 is 11.6 Å². The highest BCUT2D eigenvalue weighted by Crippen LogP contribution is 2.26. The number of nitrogens with zero attached hydrogens (tertiary/aromatic N) is 1. The van der Waals surface area contributed by atoms with Gasteiger partial charge in [0.2, 0.25) is 5.91 Å². The van der Waals surface area contributed by atoms with Crippen LogP contribution in [0.15, 0.2) is 24.3 Å². The normalized spacial score (nSPS) is 11.4. The Kier molecular flexibility index (Phi) is 4.56. The summed E-state index contributed by atoms with van der Waals surface area (Å²) >= 11 is 0. The van der Waals surface area contributed by atoms with Crippen molar-refractivity contribution in [3.05, 3.63) is 24.3 Å². The molecule has 0 aliphatic heterocycles. The Morgan fingerprint density at radius 2 is 2.24 bits per heavy atom. The van der Waals surface area contributed by atoms with Gasteiger partial charge in [-0.15, -0.1) is 12.3 Å². The number of rotatable bonds is 4. The molecule has 0 saturated carbocycles. The van der Waals surface area contributed by atoms with Gasteiger partial charge in [-0.3, -0.25) is 4.79 Å². The smallest absolute Gasteiger partial charge is 0.244 e. The van der Waals surface area contributed by atoms with Crippen LogP contribution < -0.4 is 15.4 Å². The fraction of sp³-hybridized carbons (Fsp3) is 0.308. The molecule has 17 heavy (non-hydrogen) atoms. The maximum absolute atomic E-state index is 12.0. The Bertz CT molecular complexity index is 437. The largest absolute Gasteiger partial charge is 0.495 e. The van der Waals surface area contributed by atoms with Crippen molar-refractivity contribution in [3.63, 3.8) is 0 Å². The molecule has 0 bridgehead atoms. The van der Waals surface area contributed by atoms with Crippen LogP contribution in [0.5, 0.6) is 5.75 Å². The third kappa shape index (κ3) is 2.99. The van der Waals surface area contributed by atoms with E-state index in [0.29, 0.717) is 11.4 Å². The number of hydrogen-bond donors (Lipinski definition) is 1. The number of carbonyl (C=O) groups is 1. The minimum Gasteiger partial charge on any atom is -0.495 e. The molecule has 1 atom stereocenters. The number of nitrogens with two attached hydrogens (primary N) is 1. The van der Waals surface area contributed by atoms with Crippen molar-refractivity contribution in [2.45, 2.75) is 12.5 Å². The standard InChI is InChI=1S/C13H16N2O2/c1-4-7-10(14)13(16)15(2)11-8-5-6-9-12(11)17-3/h1,5-6,8-10H,7,14H2,2-3H3. The molecule has 0 aromatic heterocycles. The summed E-state index contributed by atoms with van der Waals surface area (Å²) in [6, 6.07) is 6.55. The zero-order chi connectivity index (χ0) is 12.8. The van der Waals surface area contributed by atoms with Crippen molar-refractivity contribution in [2.24, 2.45) is 5.73 Å². The second kappa shape index (κ2) is 5.92. The first kappa shape index (κ1) is 13.1. The fourth-order valence-electron chi connectivity index (χ4n) is 1.49. The Morgan fingerprint density at radius 3 is 2.82 bits per heavy atom. The second-order valence-electron chi connectivity index (χ2n) is 3.58. The first-order valence-corrected chi connectivity index (χ1v) is 5.21. The van der Waals surface area contributed by atoms with Crippen molar-refractivity contribution in [3.8, 4) is 18.1 Å². The molecule has 1 aromatic rings. The molecule has 2 N–H and O–H groups in total. The summed E-state index contributed by atoms with van der Waals surface area (Å²) in [4.78, 5) is 13.4.